The smallest absolute Gasteiger partial charge is 0.338 e. The molecule has 1 aromatic carbocycles. The molecule has 0 fully saturated rings. The van der Waals surface area contributed by atoms with Gasteiger partial charge in [0.1, 0.15) is 0 Å². The second-order valence-electron chi connectivity index (χ2n) is 6.26. The summed E-state index contributed by atoms with van der Waals surface area (Å²) >= 11 is 0. The van der Waals surface area contributed by atoms with Gasteiger partial charge in [-0.1, -0.05) is 39.0 Å². The van der Waals surface area contributed by atoms with Crippen molar-refractivity contribution in [1.82, 2.24) is 0 Å². The second-order valence-corrected chi connectivity index (χ2v) is 6.26. The molecule has 1 aliphatic rings. The quantitative estimate of drug-likeness (QED) is 0.859. The monoisotopic (exact) mass is 276 g/mol. The zero-order chi connectivity index (χ0) is 14.7. The maximum absolute atomic E-state index is 12.1. The Morgan fingerprint density at radius 2 is 2.00 bits per heavy atom. The molecule has 1 aliphatic heterocycles. The lowest BCUT2D eigenvalue weighted by Gasteiger charge is -2.30. The highest BCUT2D eigenvalue weighted by Gasteiger charge is 2.35. The first-order valence-electron chi connectivity index (χ1n) is 7.41. The van der Waals surface area contributed by atoms with E-state index in [9.17, 15) is 9.90 Å². The second kappa shape index (κ2) is 6.40. The molecule has 3 unspecified atom stereocenters. The van der Waals surface area contributed by atoms with Gasteiger partial charge in [-0.05, 0) is 35.8 Å². The predicted molar refractivity (Wildman–Crippen MR) is 78.7 cm³/mol. The molecule has 110 valence electrons. The molecule has 1 N–H and O–H groups in total. The number of ether oxygens (including phenoxy) is 1. The average Bonchev–Trinajstić information content (AvgIpc) is 2.56. The highest BCUT2D eigenvalue weighted by molar-refractivity contribution is 5.91. The van der Waals surface area contributed by atoms with E-state index in [1.807, 2.05) is 31.2 Å². The lowest BCUT2D eigenvalue weighted by atomic mass is 9.74. The highest BCUT2D eigenvalue weighted by Crippen LogP contribution is 2.39. The van der Waals surface area contributed by atoms with Crippen molar-refractivity contribution < 1.29 is 14.6 Å². The summed E-state index contributed by atoms with van der Waals surface area (Å²) in [5.74, 6) is 0.864. The average molecular weight is 276 g/mol. The molecule has 3 heteroatoms. The Labute approximate surface area is 121 Å². The number of rotatable bonds is 4. The number of carbonyl (C=O) groups is 1. The van der Waals surface area contributed by atoms with Crippen LogP contribution in [0.4, 0.5) is 0 Å². The van der Waals surface area contributed by atoms with Crippen LogP contribution in [0, 0.1) is 17.8 Å². The van der Waals surface area contributed by atoms with Gasteiger partial charge in [0, 0.05) is 12.5 Å². The molecule has 0 saturated carbocycles. The van der Waals surface area contributed by atoms with Gasteiger partial charge in [-0.2, -0.15) is 0 Å². The minimum atomic E-state index is -0.234. The van der Waals surface area contributed by atoms with Crippen molar-refractivity contribution in [3.05, 3.63) is 35.4 Å². The largest absolute Gasteiger partial charge is 0.462 e. The number of hydrogen-bond donors (Lipinski definition) is 1. The van der Waals surface area contributed by atoms with E-state index in [-0.39, 0.29) is 30.3 Å². The van der Waals surface area contributed by atoms with Crippen LogP contribution in [0.2, 0.25) is 0 Å². The lowest BCUT2D eigenvalue weighted by molar-refractivity contribution is 0.0404. The Morgan fingerprint density at radius 3 is 2.65 bits per heavy atom. The van der Waals surface area contributed by atoms with Crippen molar-refractivity contribution in [1.29, 1.82) is 0 Å². The summed E-state index contributed by atoms with van der Waals surface area (Å²) < 4.78 is 5.45. The number of aliphatic hydroxyl groups excluding tert-OH is 1. The Bertz CT molecular complexity index is 467. The first-order chi connectivity index (χ1) is 9.54. The van der Waals surface area contributed by atoms with Crippen molar-refractivity contribution in [2.24, 2.45) is 17.8 Å². The summed E-state index contributed by atoms with van der Waals surface area (Å²) in [5, 5.41) is 9.60. The van der Waals surface area contributed by atoms with E-state index in [1.165, 1.54) is 0 Å². The van der Waals surface area contributed by atoms with Gasteiger partial charge in [-0.15, -0.1) is 0 Å². The van der Waals surface area contributed by atoms with Gasteiger partial charge in [-0.25, -0.2) is 4.79 Å². The van der Waals surface area contributed by atoms with Crippen LogP contribution >= 0.6 is 0 Å². The zero-order valence-electron chi connectivity index (χ0n) is 12.5. The van der Waals surface area contributed by atoms with Crippen LogP contribution in [0.5, 0.6) is 0 Å². The molecule has 0 amide bonds. The molecular formula is C17H24O3. The fourth-order valence-electron chi connectivity index (χ4n) is 3.30. The summed E-state index contributed by atoms with van der Waals surface area (Å²) in [4.78, 5) is 12.1. The molecule has 0 aliphatic carbocycles. The van der Waals surface area contributed by atoms with Crippen molar-refractivity contribution in [3.8, 4) is 0 Å². The summed E-state index contributed by atoms with van der Waals surface area (Å²) in [6, 6.07) is 7.66. The van der Waals surface area contributed by atoms with E-state index < -0.39 is 0 Å². The number of benzene rings is 1. The molecule has 0 radical (unpaired) electrons. The Kier molecular flexibility index (Phi) is 4.81. The molecule has 2 rings (SSSR count). The van der Waals surface area contributed by atoms with E-state index in [2.05, 4.69) is 13.8 Å². The summed E-state index contributed by atoms with van der Waals surface area (Å²) in [6.45, 7) is 6.98. The zero-order valence-corrected chi connectivity index (χ0v) is 12.5. The standard InChI is InChI=1S/C17H24O3/c1-11(2)8-13-10-20-17(19)15-7-5-4-6-14(15)16(13)12(3)9-18/h4-7,11-13,16,18H,8-10H2,1-3H3. The summed E-state index contributed by atoms with van der Waals surface area (Å²) in [7, 11) is 0. The van der Waals surface area contributed by atoms with E-state index in [0.717, 1.165) is 12.0 Å². The minimum Gasteiger partial charge on any atom is -0.462 e. The Morgan fingerprint density at radius 1 is 1.30 bits per heavy atom. The van der Waals surface area contributed by atoms with Gasteiger partial charge in [0.05, 0.1) is 12.2 Å². The van der Waals surface area contributed by atoms with Gasteiger partial charge >= 0.3 is 5.97 Å². The molecule has 0 saturated heterocycles. The molecular weight excluding hydrogens is 252 g/mol. The molecule has 1 aromatic rings. The first kappa shape index (κ1) is 15.0. The highest BCUT2D eigenvalue weighted by atomic mass is 16.5. The van der Waals surface area contributed by atoms with Crippen LogP contribution < -0.4 is 0 Å². The van der Waals surface area contributed by atoms with Crippen LogP contribution in [0.15, 0.2) is 24.3 Å². The topological polar surface area (TPSA) is 46.5 Å². The van der Waals surface area contributed by atoms with E-state index in [0.29, 0.717) is 18.1 Å². The minimum absolute atomic E-state index is 0.120. The van der Waals surface area contributed by atoms with E-state index >= 15 is 0 Å². The molecule has 3 atom stereocenters. The molecule has 0 bridgehead atoms. The third-order valence-corrected chi connectivity index (χ3v) is 4.15. The molecule has 1 heterocycles. The molecule has 20 heavy (non-hydrogen) atoms. The predicted octanol–water partition coefficient (Wildman–Crippen LogP) is 3.23. The number of cyclic esters (lactones) is 1. The number of esters is 1. The third-order valence-electron chi connectivity index (χ3n) is 4.15. The number of fused-ring (bicyclic) bond motifs is 1. The van der Waals surface area contributed by atoms with Crippen molar-refractivity contribution in [3.63, 3.8) is 0 Å². The van der Waals surface area contributed by atoms with Gasteiger partial charge in [-0.3, -0.25) is 0 Å². The van der Waals surface area contributed by atoms with Crippen molar-refractivity contribution in [2.45, 2.75) is 33.1 Å². The number of aliphatic hydroxyl groups is 1. The van der Waals surface area contributed by atoms with Crippen LogP contribution in [-0.2, 0) is 4.74 Å². The van der Waals surface area contributed by atoms with Crippen LogP contribution in [0.1, 0.15) is 49.0 Å². The maximum Gasteiger partial charge on any atom is 0.338 e. The Balaban J connectivity index is 2.45. The Hall–Kier alpha value is -1.35. The van der Waals surface area contributed by atoms with Gasteiger partial charge in [0.2, 0.25) is 0 Å². The number of carbonyl (C=O) groups excluding carboxylic acids is 1. The normalized spacial score (nSPS) is 23.9. The van der Waals surface area contributed by atoms with Gasteiger partial charge in [0.25, 0.3) is 0 Å². The van der Waals surface area contributed by atoms with Gasteiger partial charge < -0.3 is 9.84 Å². The van der Waals surface area contributed by atoms with Gasteiger partial charge in [0.15, 0.2) is 0 Å². The fraction of sp³-hybridized carbons (Fsp3) is 0.588. The molecule has 0 aromatic heterocycles. The van der Waals surface area contributed by atoms with Crippen molar-refractivity contribution >= 4 is 5.97 Å². The fourth-order valence-corrected chi connectivity index (χ4v) is 3.30. The SMILES string of the molecule is CC(C)CC1COC(=O)c2ccccc2C1C(C)CO. The van der Waals surface area contributed by atoms with Crippen LogP contribution in [-0.4, -0.2) is 24.3 Å². The summed E-state index contributed by atoms with van der Waals surface area (Å²) in [6.07, 6.45) is 0.997. The number of hydrogen-bond acceptors (Lipinski definition) is 3. The lowest BCUT2D eigenvalue weighted by Crippen LogP contribution is -2.26. The van der Waals surface area contributed by atoms with Crippen molar-refractivity contribution in [2.75, 3.05) is 13.2 Å². The molecule has 3 nitrogen and oxygen atoms in total. The third kappa shape index (κ3) is 3.04. The maximum atomic E-state index is 12.1. The van der Waals surface area contributed by atoms with Crippen LogP contribution in [0.3, 0.4) is 0 Å². The molecule has 0 spiro atoms. The van der Waals surface area contributed by atoms with E-state index in [1.54, 1.807) is 0 Å². The van der Waals surface area contributed by atoms with E-state index in [4.69, 9.17) is 4.74 Å². The van der Waals surface area contributed by atoms with Crippen LogP contribution in [0.25, 0.3) is 0 Å². The summed E-state index contributed by atoms with van der Waals surface area (Å²) in [5.41, 5.74) is 1.69. The first-order valence-corrected chi connectivity index (χ1v) is 7.41.